The smallest absolute Gasteiger partial charge is 0.325 e. The van der Waals surface area contributed by atoms with Crippen LogP contribution in [0, 0.1) is 0 Å². The molecular weight excluding hydrogens is 268 g/mol. The molecule has 8 nitrogen and oxygen atoms in total. The molecule has 1 rings (SSSR count). The Morgan fingerprint density at radius 2 is 1.15 bits per heavy atom. The lowest BCUT2D eigenvalue weighted by Crippen LogP contribution is -2.38. The highest BCUT2D eigenvalue weighted by atomic mass is 16.5. The summed E-state index contributed by atoms with van der Waals surface area (Å²) in [7, 11) is 0. The fraction of sp³-hybridized carbons (Fsp3) is 0.667. The van der Waals surface area contributed by atoms with Crippen molar-refractivity contribution in [3.63, 3.8) is 0 Å². The molecule has 1 aliphatic rings. The van der Waals surface area contributed by atoms with Crippen LogP contribution in [0.25, 0.3) is 0 Å². The fourth-order valence-electron chi connectivity index (χ4n) is 1.62. The van der Waals surface area contributed by atoms with Crippen molar-refractivity contribution in [2.24, 2.45) is 0 Å². The third-order valence-electron chi connectivity index (χ3n) is 2.47. The molecule has 8 heteroatoms. The van der Waals surface area contributed by atoms with Crippen LogP contribution in [0.15, 0.2) is 0 Å². The highest BCUT2D eigenvalue weighted by molar-refractivity contribution is 5.84. The number of hydrogen-bond acceptors (Lipinski definition) is 6. The van der Waals surface area contributed by atoms with Gasteiger partial charge in [-0.2, -0.15) is 0 Å². The number of nitrogens with one attached hydrogen (secondary N) is 2. The third kappa shape index (κ3) is 6.17. The number of carbonyl (C=O) groups is 4. The number of amides is 2. The second-order valence-electron chi connectivity index (χ2n) is 4.56. The molecule has 2 N–H and O–H groups in total. The largest absolute Gasteiger partial charge is 0.461 e. The van der Waals surface area contributed by atoms with Gasteiger partial charge in [0.15, 0.2) is 0 Å². The zero-order valence-corrected chi connectivity index (χ0v) is 11.4. The van der Waals surface area contributed by atoms with Gasteiger partial charge < -0.3 is 20.1 Å². The van der Waals surface area contributed by atoms with E-state index in [2.05, 4.69) is 10.6 Å². The van der Waals surface area contributed by atoms with E-state index < -0.39 is 36.0 Å². The minimum atomic E-state index is -0.641. The van der Waals surface area contributed by atoms with Gasteiger partial charge in [-0.3, -0.25) is 19.2 Å². The van der Waals surface area contributed by atoms with Gasteiger partial charge in [-0.25, -0.2) is 0 Å². The molecule has 1 fully saturated rings. The first-order valence-electron chi connectivity index (χ1n) is 6.29. The Morgan fingerprint density at radius 3 is 1.50 bits per heavy atom. The Labute approximate surface area is 116 Å². The molecule has 0 aromatic rings. The summed E-state index contributed by atoms with van der Waals surface area (Å²) in [4.78, 5) is 45.7. The minimum Gasteiger partial charge on any atom is -0.461 e. The molecule has 1 heterocycles. The molecule has 1 saturated heterocycles. The van der Waals surface area contributed by atoms with E-state index in [1.165, 1.54) is 0 Å². The van der Waals surface area contributed by atoms with Crippen LogP contribution >= 0.6 is 0 Å². The molecule has 1 aliphatic heterocycles. The van der Waals surface area contributed by atoms with Gasteiger partial charge in [-0.05, 0) is 13.8 Å². The van der Waals surface area contributed by atoms with E-state index in [9.17, 15) is 19.2 Å². The van der Waals surface area contributed by atoms with Crippen LogP contribution in [0.4, 0.5) is 0 Å². The molecule has 0 radical (unpaired) electrons. The van der Waals surface area contributed by atoms with Crippen molar-refractivity contribution in [3.05, 3.63) is 0 Å². The maximum absolute atomic E-state index is 11.5. The standard InChI is InChI=1S/C12H18N2O6/c1-7-3-9(15)13-6-12(18)20-8(2)4-10(16)14-5-11(17)19-7/h7-8H,3-6H2,1-2H3,(H,13,15)(H,14,16). The lowest BCUT2D eigenvalue weighted by molar-refractivity contribution is -0.153. The zero-order chi connectivity index (χ0) is 15.1. The molecule has 0 saturated carbocycles. The number of cyclic esters (lactones) is 2. The van der Waals surface area contributed by atoms with Crippen LogP contribution < -0.4 is 10.6 Å². The average Bonchev–Trinajstić information content (AvgIpc) is 2.32. The van der Waals surface area contributed by atoms with Gasteiger partial charge >= 0.3 is 11.9 Å². The second kappa shape index (κ2) is 7.46. The number of carbonyl (C=O) groups excluding carboxylic acids is 4. The predicted molar refractivity (Wildman–Crippen MR) is 66.4 cm³/mol. The summed E-state index contributed by atoms with van der Waals surface area (Å²) in [6.45, 7) is 2.52. The van der Waals surface area contributed by atoms with Gasteiger partial charge in [0.05, 0.1) is 12.8 Å². The summed E-state index contributed by atoms with van der Waals surface area (Å²) in [6, 6.07) is 0. The summed E-state index contributed by atoms with van der Waals surface area (Å²) < 4.78 is 9.87. The maximum atomic E-state index is 11.5. The summed E-state index contributed by atoms with van der Waals surface area (Å²) in [5.74, 6) is -2.09. The summed E-state index contributed by atoms with van der Waals surface area (Å²) in [5.41, 5.74) is 0. The maximum Gasteiger partial charge on any atom is 0.325 e. The van der Waals surface area contributed by atoms with Crippen molar-refractivity contribution >= 4 is 23.8 Å². The highest BCUT2D eigenvalue weighted by Gasteiger charge is 2.19. The van der Waals surface area contributed by atoms with Crippen LogP contribution in [0.1, 0.15) is 26.7 Å². The second-order valence-corrected chi connectivity index (χ2v) is 4.56. The monoisotopic (exact) mass is 286 g/mol. The number of hydrogen-bond donors (Lipinski definition) is 2. The Bertz CT molecular complexity index is 335. The van der Waals surface area contributed by atoms with Gasteiger partial charge in [0.1, 0.15) is 25.3 Å². The summed E-state index contributed by atoms with van der Waals surface area (Å²) >= 11 is 0. The minimum absolute atomic E-state index is 0.0669. The molecule has 0 bridgehead atoms. The van der Waals surface area contributed by atoms with E-state index in [1.807, 2.05) is 0 Å². The van der Waals surface area contributed by atoms with Gasteiger partial charge in [-0.1, -0.05) is 0 Å². The fourth-order valence-corrected chi connectivity index (χ4v) is 1.62. The molecule has 20 heavy (non-hydrogen) atoms. The SMILES string of the molecule is CC1CC(=O)NCC(=O)OC(C)CC(=O)NCC(=O)O1. The van der Waals surface area contributed by atoms with Crippen LogP contribution in [-0.2, 0) is 28.7 Å². The van der Waals surface area contributed by atoms with E-state index >= 15 is 0 Å². The average molecular weight is 286 g/mol. The van der Waals surface area contributed by atoms with Crippen molar-refractivity contribution in [3.8, 4) is 0 Å². The van der Waals surface area contributed by atoms with E-state index in [0.717, 1.165) is 0 Å². The number of esters is 2. The molecule has 2 unspecified atom stereocenters. The van der Waals surface area contributed by atoms with Crippen LogP contribution in [0.3, 0.4) is 0 Å². The first-order valence-corrected chi connectivity index (χ1v) is 6.29. The van der Waals surface area contributed by atoms with E-state index in [0.29, 0.717) is 0 Å². The normalized spacial score (nSPS) is 26.7. The number of ether oxygens (including phenoxy) is 2. The molecule has 0 aromatic carbocycles. The van der Waals surface area contributed by atoms with Crippen molar-refractivity contribution in [1.29, 1.82) is 0 Å². The predicted octanol–water partition coefficient (Wildman–Crippen LogP) is -1.12. The molecule has 0 aromatic heterocycles. The third-order valence-corrected chi connectivity index (χ3v) is 2.47. The van der Waals surface area contributed by atoms with Gasteiger partial charge in [0.2, 0.25) is 11.8 Å². The molecule has 2 atom stereocenters. The molecule has 0 aliphatic carbocycles. The summed E-state index contributed by atoms with van der Waals surface area (Å²) in [5, 5.41) is 4.72. The molecule has 2 amide bonds. The Kier molecular flexibility index (Phi) is 5.95. The quantitative estimate of drug-likeness (QED) is 0.545. The highest BCUT2D eigenvalue weighted by Crippen LogP contribution is 2.01. The van der Waals surface area contributed by atoms with Gasteiger partial charge in [0.25, 0.3) is 0 Å². The van der Waals surface area contributed by atoms with Crippen molar-refractivity contribution in [2.45, 2.75) is 38.9 Å². The first kappa shape index (κ1) is 15.9. The van der Waals surface area contributed by atoms with E-state index in [-0.39, 0.29) is 25.9 Å². The lowest BCUT2D eigenvalue weighted by Gasteiger charge is -2.17. The molecule has 112 valence electrons. The van der Waals surface area contributed by atoms with Gasteiger partial charge in [0, 0.05) is 0 Å². The van der Waals surface area contributed by atoms with Crippen molar-refractivity contribution in [2.75, 3.05) is 13.1 Å². The van der Waals surface area contributed by atoms with Crippen LogP contribution in [0.2, 0.25) is 0 Å². The Morgan fingerprint density at radius 1 is 0.800 bits per heavy atom. The molecule has 0 spiro atoms. The lowest BCUT2D eigenvalue weighted by atomic mass is 10.2. The van der Waals surface area contributed by atoms with E-state index in [1.54, 1.807) is 13.8 Å². The van der Waals surface area contributed by atoms with E-state index in [4.69, 9.17) is 9.47 Å². The van der Waals surface area contributed by atoms with Crippen LogP contribution in [-0.4, -0.2) is 49.1 Å². The molecular formula is C12H18N2O6. The van der Waals surface area contributed by atoms with Crippen molar-refractivity contribution < 1.29 is 28.7 Å². The summed E-state index contributed by atoms with van der Waals surface area (Å²) in [6.07, 6.45) is -1.42. The topological polar surface area (TPSA) is 111 Å². The zero-order valence-electron chi connectivity index (χ0n) is 11.4. The Hall–Kier alpha value is -2.12. The first-order chi connectivity index (χ1) is 9.36. The van der Waals surface area contributed by atoms with Crippen molar-refractivity contribution in [1.82, 2.24) is 10.6 Å². The Balaban J connectivity index is 2.64. The van der Waals surface area contributed by atoms with Crippen LogP contribution in [0.5, 0.6) is 0 Å². The van der Waals surface area contributed by atoms with Gasteiger partial charge in [-0.15, -0.1) is 0 Å². The number of rotatable bonds is 0.